The summed E-state index contributed by atoms with van der Waals surface area (Å²) in [7, 11) is 1.59. The van der Waals surface area contributed by atoms with Crippen LogP contribution in [-0.4, -0.2) is 59.4 Å². The van der Waals surface area contributed by atoms with Crippen LogP contribution >= 0.6 is 0 Å². The number of nitrogens with two attached hydrogens (primary N) is 1. The van der Waals surface area contributed by atoms with Crippen molar-refractivity contribution < 1.29 is 18.0 Å². The van der Waals surface area contributed by atoms with Crippen LogP contribution in [0.4, 0.5) is 13.2 Å². The van der Waals surface area contributed by atoms with Crippen LogP contribution < -0.4 is 5.73 Å². The van der Waals surface area contributed by atoms with Gasteiger partial charge >= 0.3 is 6.18 Å². The zero-order valence-corrected chi connectivity index (χ0v) is 15.4. The first-order valence-corrected chi connectivity index (χ1v) is 8.33. The standard InChI is InChI=1S/C17H26F3N5O/c1-5-23-25(13(3)17(18,19)20)11-14(10-21)16(26)24(4)12(2)15-8-6-7-9-22-15/h5-9,12-14H,10-11,21H2,1-4H3/b23-5-. The predicted octanol–water partition coefficient (Wildman–Crippen LogP) is 2.43. The molecule has 146 valence electrons. The molecule has 0 spiro atoms. The third kappa shape index (κ3) is 5.69. The van der Waals surface area contributed by atoms with Crippen molar-refractivity contribution in [2.45, 2.75) is 39.0 Å². The maximum Gasteiger partial charge on any atom is 0.410 e. The Bertz CT molecular complexity index is 594. The summed E-state index contributed by atoms with van der Waals surface area (Å²) in [4.78, 5) is 18.4. The van der Waals surface area contributed by atoms with E-state index < -0.39 is 18.1 Å². The summed E-state index contributed by atoms with van der Waals surface area (Å²) in [6, 6.07) is 3.20. The lowest BCUT2D eigenvalue weighted by molar-refractivity contribution is -0.181. The van der Waals surface area contributed by atoms with Gasteiger partial charge in [-0.1, -0.05) is 6.07 Å². The van der Waals surface area contributed by atoms with Crippen molar-refractivity contribution in [1.82, 2.24) is 14.9 Å². The molecule has 0 aliphatic heterocycles. The van der Waals surface area contributed by atoms with E-state index in [0.29, 0.717) is 5.69 Å². The summed E-state index contributed by atoms with van der Waals surface area (Å²) in [6.45, 7) is 4.02. The van der Waals surface area contributed by atoms with Crippen molar-refractivity contribution in [1.29, 1.82) is 0 Å². The number of hydrogen-bond acceptors (Lipinski definition) is 5. The summed E-state index contributed by atoms with van der Waals surface area (Å²) in [6.07, 6.45) is -1.57. The second kappa shape index (κ2) is 9.51. The molecule has 9 heteroatoms. The van der Waals surface area contributed by atoms with Crippen molar-refractivity contribution in [3.63, 3.8) is 0 Å². The number of hydrogen-bond donors (Lipinski definition) is 1. The zero-order valence-electron chi connectivity index (χ0n) is 15.4. The molecule has 1 amide bonds. The molecule has 3 unspecified atom stereocenters. The second-order valence-electron chi connectivity index (χ2n) is 6.03. The average molecular weight is 373 g/mol. The lowest BCUT2D eigenvalue weighted by Gasteiger charge is -2.33. The van der Waals surface area contributed by atoms with E-state index in [9.17, 15) is 18.0 Å². The van der Waals surface area contributed by atoms with E-state index in [4.69, 9.17) is 5.73 Å². The molecule has 3 atom stereocenters. The molecule has 0 saturated carbocycles. The first-order valence-electron chi connectivity index (χ1n) is 8.33. The van der Waals surface area contributed by atoms with Gasteiger partial charge in [0.05, 0.1) is 17.7 Å². The third-order valence-corrected chi connectivity index (χ3v) is 4.27. The van der Waals surface area contributed by atoms with Gasteiger partial charge in [-0.25, -0.2) is 0 Å². The van der Waals surface area contributed by atoms with Gasteiger partial charge in [0.1, 0.15) is 6.04 Å². The van der Waals surface area contributed by atoms with Gasteiger partial charge in [0.25, 0.3) is 0 Å². The number of pyridine rings is 1. The van der Waals surface area contributed by atoms with Gasteiger partial charge in [-0.05, 0) is 32.9 Å². The minimum absolute atomic E-state index is 0.0849. The van der Waals surface area contributed by atoms with Crippen molar-refractivity contribution >= 4 is 12.1 Å². The van der Waals surface area contributed by atoms with E-state index in [0.717, 1.165) is 11.9 Å². The van der Waals surface area contributed by atoms with Gasteiger partial charge in [0.15, 0.2) is 0 Å². The normalized spacial score (nSPS) is 15.5. The molecule has 1 aromatic rings. The Kier molecular flexibility index (Phi) is 8.01. The molecular weight excluding hydrogens is 347 g/mol. The Morgan fingerprint density at radius 1 is 1.38 bits per heavy atom. The Balaban J connectivity index is 2.92. The van der Waals surface area contributed by atoms with Gasteiger partial charge in [-0.3, -0.25) is 14.8 Å². The maximum atomic E-state index is 13.0. The van der Waals surface area contributed by atoms with Gasteiger partial charge < -0.3 is 10.6 Å². The monoisotopic (exact) mass is 373 g/mol. The van der Waals surface area contributed by atoms with Gasteiger partial charge in [0, 0.05) is 32.5 Å². The molecule has 0 aliphatic rings. The zero-order chi connectivity index (χ0) is 19.9. The summed E-state index contributed by atoms with van der Waals surface area (Å²) in [5.41, 5.74) is 6.37. The number of alkyl halides is 3. The molecule has 6 nitrogen and oxygen atoms in total. The number of carbonyl (C=O) groups is 1. The van der Waals surface area contributed by atoms with E-state index in [-0.39, 0.29) is 25.0 Å². The molecule has 0 radical (unpaired) electrons. The molecule has 0 saturated heterocycles. The largest absolute Gasteiger partial charge is 0.410 e. The van der Waals surface area contributed by atoms with Crippen LogP contribution in [0.3, 0.4) is 0 Å². The van der Waals surface area contributed by atoms with Crippen LogP contribution in [-0.2, 0) is 4.79 Å². The molecule has 1 aromatic heterocycles. The molecule has 26 heavy (non-hydrogen) atoms. The summed E-state index contributed by atoms with van der Waals surface area (Å²) in [5, 5.41) is 4.63. The Morgan fingerprint density at radius 2 is 2.04 bits per heavy atom. The highest BCUT2D eigenvalue weighted by Gasteiger charge is 2.41. The van der Waals surface area contributed by atoms with E-state index in [1.807, 2.05) is 0 Å². The highest BCUT2D eigenvalue weighted by molar-refractivity contribution is 5.79. The van der Waals surface area contributed by atoms with Gasteiger partial charge in [-0.2, -0.15) is 18.3 Å². The number of nitrogens with zero attached hydrogens (tertiary/aromatic N) is 4. The minimum atomic E-state index is -4.46. The quantitative estimate of drug-likeness (QED) is 0.561. The average Bonchev–Trinajstić information content (AvgIpc) is 2.62. The Hall–Kier alpha value is -2.16. The third-order valence-electron chi connectivity index (χ3n) is 4.27. The van der Waals surface area contributed by atoms with Crippen LogP contribution in [0.2, 0.25) is 0 Å². The molecule has 0 aromatic carbocycles. The topological polar surface area (TPSA) is 74.8 Å². The molecule has 0 fully saturated rings. The Morgan fingerprint density at radius 3 is 2.50 bits per heavy atom. The highest BCUT2D eigenvalue weighted by atomic mass is 19.4. The summed E-state index contributed by atoms with van der Waals surface area (Å²) in [5.74, 6) is -1.17. The molecule has 2 N–H and O–H groups in total. The number of rotatable bonds is 8. The van der Waals surface area contributed by atoms with Crippen LogP contribution in [0.15, 0.2) is 29.5 Å². The maximum absolute atomic E-state index is 13.0. The molecular formula is C17H26F3N5O. The first kappa shape index (κ1) is 21.9. The molecule has 1 heterocycles. The van der Waals surface area contributed by atoms with Gasteiger partial charge in [-0.15, -0.1) is 0 Å². The summed E-state index contributed by atoms with van der Waals surface area (Å²) < 4.78 is 39.1. The fraction of sp³-hybridized carbons (Fsp3) is 0.588. The number of carbonyl (C=O) groups excluding carboxylic acids is 1. The molecule has 0 aliphatic carbocycles. The van der Waals surface area contributed by atoms with E-state index in [2.05, 4.69) is 10.1 Å². The van der Waals surface area contributed by atoms with Crippen molar-refractivity contribution in [3.8, 4) is 0 Å². The number of halogens is 3. The fourth-order valence-electron chi connectivity index (χ4n) is 2.40. The molecule has 1 rings (SSSR count). The highest BCUT2D eigenvalue weighted by Crippen LogP contribution is 2.26. The lowest BCUT2D eigenvalue weighted by atomic mass is 10.1. The molecule has 0 bridgehead atoms. The van der Waals surface area contributed by atoms with Crippen molar-refractivity contribution in [3.05, 3.63) is 30.1 Å². The number of amides is 1. The van der Waals surface area contributed by atoms with Crippen LogP contribution in [0.5, 0.6) is 0 Å². The van der Waals surface area contributed by atoms with Crippen LogP contribution in [0.25, 0.3) is 0 Å². The van der Waals surface area contributed by atoms with E-state index in [1.54, 1.807) is 38.4 Å². The fourth-order valence-corrected chi connectivity index (χ4v) is 2.40. The number of aromatic nitrogens is 1. The van der Waals surface area contributed by atoms with Gasteiger partial charge in [0.2, 0.25) is 5.91 Å². The predicted molar refractivity (Wildman–Crippen MR) is 94.4 cm³/mol. The SMILES string of the molecule is C/C=N\N(CC(CN)C(=O)N(C)C(C)c1ccccn1)C(C)C(F)(F)F. The summed E-state index contributed by atoms with van der Waals surface area (Å²) >= 11 is 0. The van der Waals surface area contributed by atoms with Crippen molar-refractivity contribution in [2.75, 3.05) is 20.1 Å². The Labute approximate surface area is 151 Å². The minimum Gasteiger partial charge on any atom is -0.337 e. The lowest BCUT2D eigenvalue weighted by Crippen LogP contribution is -2.48. The van der Waals surface area contributed by atoms with Crippen LogP contribution in [0.1, 0.15) is 32.5 Å². The van der Waals surface area contributed by atoms with E-state index >= 15 is 0 Å². The van der Waals surface area contributed by atoms with Crippen molar-refractivity contribution in [2.24, 2.45) is 16.8 Å². The van der Waals surface area contributed by atoms with Crippen LogP contribution in [0, 0.1) is 5.92 Å². The van der Waals surface area contributed by atoms with E-state index in [1.165, 1.54) is 18.0 Å². The number of hydrazone groups is 1. The first-order chi connectivity index (χ1) is 12.1. The smallest absolute Gasteiger partial charge is 0.337 e. The second-order valence-corrected chi connectivity index (χ2v) is 6.03.